The van der Waals surface area contributed by atoms with Gasteiger partial charge in [-0.05, 0) is 41.0 Å². The third kappa shape index (κ3) is 3.00. The van der Waals surface area contributed by atoms with Gasteiger partial charge in [0.2, 0.25) is 0 Å². The Labute approximate surface area is 121 Å². The molecule has 0 amide bonds. The number of hydrogen-bond acceptors (Lipinski definition) is 2. The van der Waals surface area contributed by atoms with Crippen LogP contribution in [0.1, 0.15) is 10.6 Å². The van der Waals surface area contributed by atoms with E-state index in [4.69, 9.17) is 0 Å². The molecule has 1 heterocycles. The van der Waals surface area contributed by atoms with Gasteiger partial charge in [-0.25, -0.2) is 9.37 Å². The summed E-state index contributed by atoms with van der Waals surface area (Å²) >= 11 is 1.60. The smallest absolute Gasteiger partial charge is 0.123 e. The van der Waals surface area contributed by atoms with Crippen LogP contribution in [-0.2, 0) is 0 Å². The molecule has 2 aromatic carbocycles. The van der Waals surface area contributed by atoms with E-state index in [0.717, 1.165) is 21.7 Å². The van der Waals surface area contributed by atoms with E-state index in [1.165, 1.54) is 12.1 Å². The van der Waals surface area contributed by atoms with Gasteiger partial charge >= 0.3 is 0 Å². The molecule has 0 unspecified atom stereocenters. The Balaban J connectivity index is 1.88. The highest BCUT2D eigenvalue weighted by Gasteiger charge is 1.98. The molecule has 0 aliphatic carbocycles. The van der Waals surface area contributed by atoms with E-state index in [1.807, 2.05) is 35.7 Å². The van der Waals surface area contributed by atoms with Gasteiger partial charge in [0.05, 0.1) is 0 Å². The van der Waals surface area contributed by atoms with Crippen LogP contribution in [0.25, 0.3) is 23.3 Å². The first-order chi connectivity index (χ1) is 9.81. The maximum Gasteiger partial charge on any atom is 0.123 e. The van der Waals surface area contributed by atoms with Gasteiger partial charge in [-0.1, -0.05) is 36.4 Å². The van der Waals surface area contributed by atoms with Gasteiger partial charge in [0.15, 0.2) is 0 Å². The summed E-state index contributed by atoms with van der Waals surface area (Å²) in [5.41, 5.74) is 3.18. The molecule has 0 N–H and O–H groups in total. The van der Waals surface area contributed by atoms with Crippen molar-refractivity contribution in [2.24, 2.45) is 0 Å². The van der Waals surface area contributed by atoms with Gasteiger partial charge in [-0.15, -0.1) is 11.3 Å². The fourth-order valence-corrected chi connectivity index (χ4v) is 2.48. The van der Waals surface area contributed by atoms with E-state index >= 15 is 0 Å². The largest absolute Gasteiger partial charge is 0.245 e. The lowest BCUT2D eigenvalue weighted by atomic mass is 10.0. The molecule has 1 nitrogen and oxygen atoms in total. The molecular formula is C17H12FNS. The minimum atomic E-state index is -0.214. The molecule has 1 aromatic heterocycles. The minimum absolute atomic E-state index is 0.214. The first kappa shape index (κ1) is 12.8. The third-order valence-corrected chi connectivity index (χ3v) is 3.67. The van der Waals surface area contributed by atoms with Gasteiger partial charge in [0, 0.05) is 11.6 Å². The minimum Gasteiger partial charge on any atom is -0.245 e. The SMILES string of the molecule is Fc1ccc(-c2cccc(C=Cc3nccs3)c2)cc1. The molecule has 0 saturated carbocycles. The van der Waals surface area contributed by atoms with Crippen molar-refractivity contribution in [3.8, 4) is 11.1 Å². The second-order valence-corrected chi connectivity index (χ2v) is 5.26. The Kier molecular flexibility index (Phi) is 3.70. The molecule has 20 heavy (non-hydrogen) atoms. The molecule has 98 valence electrons. The summed E-state index contributed by atoms with van der Waals surface area (Å²) < 4.78 is 12.9. The zero-order valence-corrected chi connectivity index (χ0v) is 11.5. The van der Waals surface area contributed by atoms with Crippen LogP contribution in [0.4, 0.5) is 4.39 Å². The van der Waals surface area contributed by atoms with Crippen LogP contribution < -0.4 is 0 Å². The second-order valence-electron chi connectivity index (χ2n) is 4.34. The number of benzene rings is 2. The highest BCUT2D eigenvalue weighted by Crippen LogP contribution is 2.22. The summed E-state index contributed by atoms with van der Waals surface area (Å²) in [6.07, 6.45) is 5.82. The van der Waals surface area contributed by atoms with E-state index in [2.05, 4.69) is 11.1 Å². The van der Waals surface area contributed by atoms with Crippen molar-refractivity contribution in [1.29, 1.82) is 0 Å². The van der Waals surface area contributed by atoms with Gasteiger partial charge in [-0.2, -0.15) is 0 Å². The Bertz CT molecular complexity index is 715. The lowest BCUT2D eigenvalue weighted by Crippen LogP contribution is -1.80. The first-order valence-electron chi connectivity index (χ1n) is 6.25. The molecule has 0 aliphatic heterocycles. The quantitative estimate of drug-likeness (QED) is 0.649. The highest BCUT2D eigenvalue weighted by atomic mass is 32.1. The maximum atomic E-state index is 12.9. The zero-order chi connectivity index (χ0) is 13.8. The molecule has 3 heteroatoms. The van der Waals surface area contributed by atoms with Crippen LogP contribution in [0.15, 0.2) is 60.1 Å². The van der Waals surface area contributed by atoms with Crippen LogP contribution in [0, 0.1) is 5.82 Å². The molecule has 3 aromatic rings. The predicted molar refractivity (Wildman–Crippen MR) is 82.9 cm³/mol. The van der Waals surface area contributed by atoms with Crippen LogP contribution in [0.3, 0.4) is 0 Å². The van der Waals surface area contributed by atoms with Crippen molar-refractivity contribution >= 4 is 23.5 Å². The van der Waals surface area contributed by atoms with Gasteiger partial charge < -0.3 is 0 Å². The number of halogens is 1. The van der Waals surface area contributed by atoms with Gasteiger partial charge in [0.25, 0.3) is 0 Å². The Morgan fingerprint density at radius 2 is 1.80 bits per heavy atom. The summed E-state index contributed by atoms with van der Waals surface area (Å²) in [4.78, 5) is 4.21. The second kappa shape index (κ2) is 5.80. The summed E-state index contributed by atoms with van der Waals surface area (Å²) in [5, 5.41) is 2.94. The summed E-state index contributed by atoms with van der Waals surface area (Å²) in [6.45, 7) is 0. The van der Waals surface area contributed by atoms with Crippen molar-refractivity contribution in [1.82, 2.24) is 4.98 Å². The number of rotatable bonds is 3. The molecule has 0 saturated heterocycles. The third-order valence-electron chi connectivity index (χ3n) is 2.93. The fraction of sp³-hybridized carbons (Fsp3) is 0. The number of aromatic nitrogens is 1. The monoisotopic (exact) mass is 281 g/mol. The van der Waals surface area contributed by atoms with Crippen molar-refractivity contribution in [2.75, 3.05) is 0 Å². The van der Waals surface area contributed by atoms with Crippen LogP contribution in [-0.4, -0.2) is 4.98 Å². The lowest BCUT2D eigenvalue weighted by Gasteiger charge is -2.03. The topological polar surface area (TPSA) is 12.9 Å². The average molecular weight is 281 g/mol. The molecule has 3 rings (SSSR count). The molecule has 0 fully saturated rings. The number of thiazole rings is 1. The molecule has 0 bridgehead atoms. The van der Waals surface area contributed by atoms with E-state index in [-0.39, 0.29) is 5.82 Å². The summed E-state index contributed by atoms with van der Waals surface area (Å²) in [6, 6.07) is 14.7. The zero-order valence-electron chi connectivity index (χ0n) is 10.7. The molecule has 0 aliphatic rings. The first-order valence-corrected chi connectivity index (χ1v) is 7.13. The normalized spacial score (nSPS) is 11.1. The standard InChI is InChI=1S/C17H12FNS/c18-16-7-5-14(6-8-16)15-3-1-2-13(12-15)4-9-17-19-10-11-20-17/h1-12H. The Hall–Kier alpha value is -2.26. The molecule has 0 atom stereocenters. The highest BCUT2D eigenvalue weighted by molar-refractivity contribution is 7.10. The number of nitrogens with zero attached hydrogens (tertiary/aromatic N) is 1. The Morgan fingerprint density at radius 1 is 0.950 bits per heavy atom. The van der Waals surface area contributed by atoms with Gasteiger partial charge in [0.1, 0.15) is 10.8 Å². The number of hydrogen-bond donors (Lipinski definition) is 0. The van der Waals surface area contributed by atoms with Crippen molar-refractivity contribution in [2.45, 2.75) is 0 Å². The summed E-state index contributed by atoms with van der Waals surface area (Å²) in [7, 11) is 0. The van der Waals surface area contributed by atoms with Crippen LogP contribution in [0.5, 0.6) is 0 Å². The maximum absolute atomic E-state index is 12.9. The molecule has 0 radical (unpaired) electrons. The summed E-state index contributed by atoms with van der Waals surface area (Å²) in [5.74, 6) is -0.214. The van der Waals surface area contributed by atoms with E-state index < -0.39 is 0 Å². The fourth-order valence-electron chi connectivity index (χ4n) is 1.95. The van der Waals surface area contributed by atoms with E-state index in [0.29, 0.717) is 0 Å². The van der Waals surface area contributed by atoms with Crippen molar-refractivity contribution < 1.29 is 4.39 Å². The molecular weight excluding hydrogens is 269 g/mol. The average Bonchev–Trinajstić information content (AvgIpc) is 3.00. The van der Waals surface area contributed by atoms with Crippen LogP contribution in [0.2, 0.25) is 0 Å². The lowest BCUT2D eigenvalue weighted by molar-refractivity contribution is 0.628. The van der Waals surface area contributed by atoms with E-state index in [9.17, 15) is 4.39 Å². The Morgan fingerprint density at radius 3 is 2.55 bits per heavy atom. The van der Waals surface area contributed by atoms with E-state index in [1.54, 1.807) is 29.7 Å². The predicted octanol–water partition coefficient (Wildman–Crippen LogP) is 5.12. The van der Waals surface area contributed by atoms with Gasteiger partial charge in [-0.3, -0.25) is 0 Å². The van der Waals surface area contributed by atoms with Crippen molar-refractivity contribution in [3.05, 3.63) is 76.5 Å². The van der Waals surface area contributed by atoms with Crippen LogP contribution >= 0.6 is 11.3 Å². The molecule has 0 spiro atoms. The van der Waals surface area contributed by atoms with Crippen molar-refractivity contribution in [3.63, 3.8) is 0 Å².